The molecule has 12 aromatic rings. The Morgan fingerprint density at radius 1 is 0.424 bits per heavy atom. The summed E-state index contributed by atoms with van der Waals surface area (Å²) in [6.07, 6.45) is 17.6. The van der Waals surface area contributed by atoms with Crippen LogP contribution < -0.4 is 0 Å². The molecule has 2 N–H and O–H groups in total. The van der Waals surface area contributed by atoms with Crippen LogP contribution in [0.25, 0.3) is 21.0 Å². The SMILES string of the molecule is CC(C)c1cc2ccccc2cn1.CC(C)c1ccccc1.CC(C)c1ccccn1.CC(C)c1ccn[nH]1.CC(C)c1ccncn1.CC(C)c1ccno1.CC(C)c1ccon1.CC(C)c1cnc[nH]1.CC(C)c1nc2ccccc2s1.CC(C)c1nccs1. The third-order valence-corrected chi connectivity index (χ3v) is 15.7. The van der Waals surface area contributed by atoms with Gasteiger partial charge >= 0.3 is 0 Å². The first kappa shape index (κ1) is 77.9. The summed E-state index contributed by atoms with van der Waals surface area (Å²) >= 11 is 3.51. The molecule has 0 saturated heterocycles. The van der Waals surface area contributed by atoms with Gasteiger partial charge in [0.25, 0.3) is 0 Å². The van der Waals surface area contributed by atoms with Gasteiger partial charge in [-0.3, -0.25) is 15.1 Å². The van der Waals surface area contributed by atoms with E-state index >= 15 is 0 Å². The normalized spacial score (nSPS) is 10.5. The molecule has 16 heteroatoms. The Balaban J connectivity index is 0.000000268. The molecule has 92 heavy (non-hydrogen) atoms. The van der Waals surface area contributed by atoms with Crippen molar-refractivity contribution < 1.29 is 9.05 Å². The van der Waals surface area contributed by atoms with Gasteiger partial charge in [-0.1, -0.05) is 222 Å². The summed E-state index contributed by atoms with van der Waals surface area (Å²) < 4.78 is 10.8. The van der Waals surface area contributed by atoms with Gasteiger partial charge in [0.05, 0.1) is 38.4 Å². The Morgan fingerprint density at radius 3 is 1.45 bits per heavy atom. The van der Waals surface area contributed by atoms with Gasteiger partial charge in [0.1, 0.15) is 18.4 Å². The fourth-order valence-corrected chi connectivity index (χ4v) is 9.11. The summed E-state index contributed by atoms with van der Waals surface area (Å²) in [5, 5.41) is 21.0. The van der Waals surface area contributed by atoms with Crippen LogP contribution in [0.3, 0.4) is 0 Å². The van der Waals surface area contributed by atoms with Crippen molar-refractivity contribution >= 4 is 43.7 Å². The number of nitrogens with zero attached hydrogens (tertiary/aromatic N) is 10. The number of fused-ring (bicyclic) bond motifs is 2. The van der Waals surface area contributed by atoms with E-state index in [4.69, 9.17) is 4.52 Å². The first-order chi connectivity index (χ1) is 44.0. The standard InChI is InChI=1S/C12H13N.C10H11NS.C9H12.C8H11N.C7H10N2.2C6H10N2.2C6H9NO.C6H9NS/c1-9(2)12-7-10-5-3-4-6-11(10)8-13-12;1-7(2)10-11-8-5-3-4-6-9(8)12-10;1-8(2)9-6-4-3-5-7-9;1-7(2)8-5-3-4-6-9-8;1-6(2)7-3-4-8-5-9-7;1-5(2)6-3-7-4-8-6;1-5(2)6-3-4-7-8-6;1-5(2)6-3-4-8-7-6;1-5(2)6-3-4-7-8-6;1-5(2)6-7-3-4-8-6/h3-9H,1-2H3;3-7H,1-2H3;3-8H,1-2H3;3-7H,1-2H3;3-6H,1-2H3;2*3-5H,1-2H3,(H,7,8);3*3-5H,1-2H3. The van der Waals surface area contributed by atoms with Crippen LogP contribution in [0, 0.1) is 0 Å². The second-order valence-corrected chi connectivity index (χ2v) is 26.5. The lowest BCUT2D eigenvalue weighted by molar-refractivity contribution is 0.371. The minimum Gasteiger partial charge on any atom is -0.365 e. The molecule has 14 nitrogen and oxygen atoms in total. The van der Waals surface area contributed by atoms with E-state index < -0.39 is 0 Å². The Labute approximate surface area is 558 Å². The van der Waals surface area contributed by atoms with E-state index in [-0.39, 0.29) is 0 Å². The van der Waals surface area contributed by atoms with Crippen LogP contribution in [-0.4, -0.2) is 60.4 Å². The van der Waals surface area contributed by atoms with Crippen molar-refractivity contribution in [1.82, 2.24) is 60.4 Å². The summed E-state index contributed by atoms with van der Waals surface area (Å²) in [5.41, 5.74) is 9.39. The van der Waals surface area contributed by atoms with Crippen LogP contribution in [0.1, 0.15) is 253 Å². The number of imidazole rings is 1. The lowest BCUT2D eigenvalue weighted by Crippen LogP contribution is -1.91. The number of aromatic nitrogens is 12. The number of pyridine rings is 2. The number of thiazole rings is 2. The average molecular weight is 1280 g/mol. The minimum atomic E-state index is 0.456. The summed E-state index contributed by atoms with van der Waals surface area (Å²) in [6, 6.07) is 43.0. The van der Waals surface area contributed by atoms with Crippen molar-refractivity contribution in [3.8, 4) is 0 Å². The zero-order valence-electron chi connectivity index (χ0n) is 58.4. The molecular formula is C76H104N12O2S2. The van der Waals surface area contributed by atoms with Gasteiger partial charge in [-0.2, -0.15) is 5.10 Å². The lowest BCUT2D eigenvalue weighted by Gasteiger charge is -2.04. The number of H-pyrrole nitrogens is 2. The number of hydrogen-bond donors (Lipinski definition) is 2. The first-order valence-corrected chi connectivity index (χ1v) is 33.8. The largest absolute Gasteiger partial charge is 0.365 e. The number of rotatable bonds is 10. The molecule has 12 rings (SSSR count). The molecule has 0 radical (unpaired) electrons. The number of para-hydroxylation sites is 1. The summed E-state index contributed by atoms with van der Waals surface area (Å²) in [5.74, 6) is 6.37. The molecule has 0 amide bonds. The molecule has 0 saturated carbocycles. The van der Waals surface area contributed by atoms with Gasteiger partial charge in [-0.25, -0.2) is 24.9 Å². The highest BCUT2D eigenvalue weighted by molar-refractivity contribution is 7.18. The van der Waals surface area contributed by atoms with Crippen molar-refractivity contribution in [2.45, 2.75) is 198 Å². The summed E-state index contributed by atoms with van der Waals surface area (Å²) in [7, 11) is 0. The molecule has 0 aliphatic heterocycles. The van der Waals surface area contributed by atoms with Gasteiger partial charge in [-0.15, -0.1) is 22.7 Å². The van der Waals surface area contributed by atoms with Crippen LogP contribution in [0.2, 0.25) is 0 Å². The number of aromatic amines is 2. The fraction of sp³-hybridized carbons (Fsp3) is 0.395. The second-order valence-electron chi connectivity index (χ2n) is 24.6. The van der Waals surface area contributed by atoms with E-state index in [0.717, 1.165) is 28.4 Å². The van der Waals surface area contributed by atoms with Gasteiger partial charge in [0.2, 0.25) is 0 Å². The Bertz CT molecular complexity index is 3250. The van der Waals surface area contributed by atoms with Crippen molar-refractivity contribution in [3.05, 3.63) is 251 Å². The fourth-order valence-electron chi connectivity index (χ4n) is 7.48. The zero-order chi connectivity index (χ0) is 67.8. The zero-order valence-corrected chi connectivity index (χ0v) is 60.0. The average Bonchev–Trinajstić information content (AvgIpc) is 1.50. The number of benzene rings is 3. The minimum absolute atomic E-state index is 0.456. The Hall–Kier alpha value is -8.34. The molecule has 9 aromatic heterocycles. The molecule has 3 aromatic carbocycles. The van der Waals surface area contributed by atoms with Crippen LogP contribution >= 0.6 is 22.7 Å². The molecule has 0 bridgehead atoms. The molecular weight excluding hydrogens is 1180 g/mol. The van der Waals surface area contributed by atoms with Crippen molar-refractivity contribution in [2.75, 3.05) is 0 Å². The summed E-state index contributed by atoms with van der Waals surface area (Å²) in [4.78, 5) is 32.0. The van der Waals surface area contributed by atoms with Crippen LogP contribution in [0.4, 0.5) is 0 Å². The monoisotopic (exact) mass is 1280 g/mol. The quantitative estimate of drug-likeness (QED) is 0.132. The third kappa shape index (κ3) is 31.6. The molecule has 0 atom stereocenters. The van der Waals surface area contributed by atoms with E-state index in [1.54, 1.807) is 60.2 Å². The maximum absolute atomic E-state index is 4.84. The second kappa shape index (κ2) is 44.2. The maximum Gasteiger partial charge on any atom is 0.139 e. The van der Waals surface area contributed by atoms with E-state index in [2.05, 4.69) is 270 Å². The van der Waals surface area contributed by atoms with Crippen LogP contribution in [0.15, 0.2) is 204 Å². The summed E-state index contributed by atoms with van der Waals surface area (Å²) in [6.45, 7) is 42.7. The van der Waals surface area contributed by atoms with E-state index in [9.17, 15) is 0 Å². The Kier molecular flexibility index (Phi) is 37.4. The molecule has 0 spiro atoms. The predicted octanol–water partition coefficient (Wildman–Crippen LogP) is 22.3. The van der Waals surface area contributed by atoms with E-state index in [1.807, 2.05) is 90.8 Å². The topological polar surface area (TPSA) is 187 Å². The lowest BCUT2D eigenvalue weighted by atomic mass is 10.0. The molecule has 0 aliphatic rings. The van der Waals surface area contributed by atoms with Gasteiger partial charge < -0.3 is 14.0 Å². The molecule has 0 fully saturated rings. The van der Waals surface area contributed by atoms with Crippen molar-refractivity contribution in [3.63, 3.8) is 0 Å². The number of hydrogen-bond acceptors (Lipinski definition) is 14. The van der Waals surface area contributed by atoms with Crippen LogP contribution in [-0.2, 0) is 0 Å². The van der Waals surface area contributed by atoms with Gasteiger partial charge in [0, 0.05) is 106 Å². The highest BCUT2D eigenvalue weighted by atomic mass is 32.1. The molecule has 0 unspecified atom stereocenters. The predicted molar refractivity (Wildman–Crippen MR) is 387 cm³/mol. The third-order valence-electron chi connectivity index (χ3n) is 13.3. The Morgan fingerprint density at radius 2 is 1.05 bits per heavy atom. The van der Waals surface area contributed by atoms with Gasteiger partial charge in [-0.05, 0) is 94.8 Å². The number of nitrogens with one attached hydrogen (secondary N) is 2. The molecule has 9 heterocycles. The maximum atomic E-state index is 4.84. The van der Waals surface area contributed by atoms with Crippen LogP contribution in [0.5, 0.6) is 0 Å². The molecule has 0 aliphatic carbocycles. The van der Waals surface area contributed by atoms with Gasteiger partial charge in [0.15, 0.2) is 0 Å². The highest BCUT2D eigenvalue weighted by Crippen LogP contribution is 2.27. The highest BCUT2D eigenvalue weighted by Gasteiger charge is 2.07. The van der Waals surface area contributed by atoms with Crippen molar-refractivity contribution in [1.29, 1.82) is 0 Å². The first-order valence-electron chi connectivity index (χ1n) is 32.1. The van der Waals surface area contributed by atoms with Crippen molar-refractivity contribution in [2.24, 2.45) is 0 Å². The molecule has 492 valence electrons. The van der Waals surface area contributed by atoms with E-state index in [1.165, 1.54) is 48.1 Å². The van der Waals surface area contributed by atoms with E-state index in [0.29, 0.717) is 59.2 Å². The smallest absolute Gasteiger partial charge is 0.139 e.